The van der Waals surface area contributed by atoms with E-state index in [0.29, 0.717) is 10.2 Å². The zero-order chi connectivity index (χ0) is 13.1. The number of rotatable bonds is 3. The van der Waals surface area contributed by atoms with E-state index >= 15 is 0 Å². The van der Waals surface area contributed by atoms with E-state index in [-0.39, 0.29) is 0 Å². The van der Waals surface area contributed by atoms with Crippen molar-refractivity contribution < 1.29 is 4.74 Å². The predicted molar refractivity (Wildman–Crippen MR) is 77.7 cm³/mol. The summed E-state index contributed by atoms with van der Waals surface area (Å²) in [6.45, 7) is 0. The molecule has 0 unspecified atom stereocenters. The van der Waals surface area contributed by atoms with Gasteiger partial charge < -0.3 is 4.74 Å². The lowest BCUT2D eigenvalue weighted by atomic mass is 10.2. The molecule has 0 aliphatic carbocycles. The van der Waals surface area contributed by atoms with Gasteiger partial charge in [0.1, 0.15) is 10.9 Å². The Bertz CT molecular complexity index is 582. The first-order valence-corrected chi connectivity index (χ1v) is 6.56. The fourth-order valence-electron chi connectivity index (χ4n) is 1.40. The molecule has 1 heterocycles. The van der Waals surface area contributed by atoms with Gasteiger partial charge in [0.05, 0.1) is 18.5 Å². The van der Waals surface area contributed by atoms with Crippen molar-refractivity contribution in [3.63, 3.8) is 0 Å². The monoisotopic (exact) mass is 346 g/mol. The molecule has 18 heavy (non-hydrogen) atoms. The predicted octanol–water partition coefficient (Wildman–Crippen LogP) is 4.42. The van der Waals surface area contributed by atoms with Gasteiger partial charge in [0.25, 0.3) is 0 Å². The summed E-state index contributed by atoms with van der Waals surface area (Å²) in [5, 5.41) is 0.823. The average molecular weight is 348 g/mol. The van der Waals surface area contributed by atoms with Crippen LogP contribution in [0.1, 0.15) is 5.56 Å². The highest BCUT2D eigenvalue weighted by molar-refractivity contribution is 9.10. The SMILES string of the molecule is COc1ccc(/C(Cl)=C(\Cl)n2ccnc2)c(Br)c1. The molecule has 94 valence electrons. The van der Waals surface area contributed by atoms with Crippen molar-refractivity contribution in [2.75, 3.05) is 7.11 Å². The van der Waals surface area contributed by atoms with E-state index in [0.717, 1.165) is 15.8 Å². The van der Waals surface area contributed by atoms with Crippen LogP contribution in [-0.4, -0.2) is 16.7 Å². The highest BCUT2D eigenvalue weighted by Crippen LogP contribution is 2.35. The number of nitrogens with zero attached hydrogens (tertiary/aromatic N) is 2. The highest BCUT2D eigenvalue weighted by atomic mass is 79.9. The smallest absolute Gasteiger partial charge is 0.133 e. The van der Waals surface area contributed by atoms with Crippen molar-refractivity contribution in [3.8, 4) is 5.75 Å². The molecule has 0 amide bonds. The van der Waals surface area contributed by atoms with Crippen LogP contribution in [-0.2, 0) is 0 Å². The van der Waals surface area contributed by atoms with Crippen LogP contribution < -0.4 is 4.74 Å². The molecule has 0 atom stereocenters. The first-order chi connectivity index (χ1) is 8.63. The molecule has 2 aromatic rings. The summed E-state index contributed by atoms with van der Waals surface area (Å²) in [4.78, 5) is 3.92. The summed E-state index contributed by atoms with van der Waals surface area (Å²) in [5.41, 5.74) is 0.788. The van der Waals surface area contributed by atoms with Crippen LogP contribution in [0, 0.1) is 0 Å². The van der Waals surface area contributed by atoms with Gasteiger partial charge >= 0.3 is 0 Å². The van der Waals surface area contributed by atoms with Gasteiger partial charge in [-0.05, 0) is 34.1 Å². The molecule has 0 radical (unpaired) electrons. The summed E-state index contributed by atoms with van der Waals surface area (Å²) in [6.07, 6.45) is 4.94. The van der Waals surface area contributed by atoms with Crippen molar-refractivity contribution >= 4 is 49.3 Å². The third kappa shape index (κ3) is 2.71. The van der Waals surface area contributed by atoms with Crippen LogP contribution in [0.3, 0.4) is 0 Å². The summed E-state index contributed by atoms with van der Waals surface area (Å²) in [5.74, 6) is 0.744. The van der Waals surface area contributed by atoms with Crippen molar-refractivity contribution in [2.24, 2.45) is 0 Å². The zero-order valence-corrected chi connectivity index (χ0v) is 12.5. The molecule has 3 nitrogen and oxygen atoms in total. The lowest BCUT2D eigenvalue weighted by Crippen LogP contribution is -1.91. The minimum Gasteiger partial charge on any atom is -0.497 e. The number of benzene rings is 1. The van der Waals surface area contributed by atoms with Crippen molar-refractivity contribution in [1.29, 1.82) is 0 Å². The minimum atomic E-state index is 0.389. The molecule has 0 bridgehead atoms. The van der Waals surface area contributed by atoms with Gasteiger partial charge in [-0.25, -0.2) is 4.98 Å². The van der Waals surface area contributed by atoms with Gasteiger partial charge in [-0.2, -0.15) is 0 Å². The molecule has 2 rings (SSSR count). The number of imidazole rings is 1. The normalized spacial score (nSPS) is 12.2. The van der Waals surface area contributed by atoms with Crippen molar-refractivity contribution in [2.45, 2.75) is 0 Å². The Morgan fingerprint density at radius 3 is 2.72 bits per heavy atom. The average Bonchev–Trinajstić information content (AvgIpc) is 2.90. The van der Waals surface area contributed by atoms with Gasteiger partial charge in [0, 0.05) is 22.4 Å². The van der Waals surface area contributed by atoms with Crippen molar-refractivity contribution in [1.82, 2.24) is 9.55 Å². The molecular formula is C12H9BrCl2N2O. The Kier molecular flexibility index (Phi) is 4.32. The summed E-state index contributed by atoms with van der Waals surface area (Å²) in [7, 11) is 1.61. The minimum absolute atomic E-state index is 0.389. The van der Waals surface area contributed by atoms with Gasteiger partial charge in [0.2, 0.25) is 0 Å². The summed E-state index contributed by atoms with van der Waals surface area (Å²) >= 11 is 15.9. The van der Waals surface area contributed by atoms with Gasteiger partial charge in [-0.1, -0.05) is 23.2 Å². The molecule has 0 saturated carbocycles. The maximum absolute atomic E-state index is 6.28. The quantitative estimate of drug-likeness (QED) is 0.822. The van der Waals surface area contributed by atoms with Crippen molar-refractivity contribution in [3.05, 3.63) is 47.0 Å². The maximum atomic E-state index is 6.28. The maximum Gasteiger partial charge on any atom is 0.133 e. The topological polar surface area (TPSA) is 27.1 Å². The Morgan fingerprint density at radius 1 is 1.39 bits per heavy atom. The molecule has 0 aliphatic heterocycles. The van der Waals surface area contributed by atoms with Crippen LogP contribution in [0.5, 0.6) is 5.75 Å². The molecule has 0 saturated heterocycles. The Balaban J connectivity index is 2.45. The lowest BCUT2D eigenvalue weighted by molar-refractivity contribution is 0.414. The number of hydrogen-bond acceptors (Lipinski definition) is 2. The molecule has 0 N–H and O–H groups in total. The number of hydrogen-bond donors (Lipinski definition) is 0. The van der Waals surface area contributed by atoms with Crippen LogP contribution >= 0.6 is 39.1 Å². The van der Waals surface area contributed by atoms with Gasteiger partial charge in [-0.15, -0.1) is 0 Å². The molecule has 6 heteroatoms. The fourth-order valence-corrected chi connectivity index (χ4v) is 2.53. The first-order valence-electron chi connectivity index (χ1n) is 5.01. The fraction of sp³-hybridized carbons (Fsp3) is 0.0833. The zero-order valence-electron chi connectivity index (χ0n) is 9.40. The second-order valence-corrected chi connectivity index (χ2v) is 5.01. The standard InChI is InChI=1S/C12H9BrCl2N2O/c1-18-8-2-3-9(10(13)6-8)11(14)12(15)17-5-4-16-7-17/h2-7H,1H3/b12-11-. The molecule has 1 aromatic heterocycles. The van der Waals surface area contributed by atoms with Crippen LogP contribution in [0.15, 0.2) is 41.4 Å². The van der Waals surface area contributed by atoms with E-state index in [9.17, 15) is 0 Å². The van der Waals surface area contributed by atoms with Crippen LogP contribution in [0.4, 0.5) is 0 Å². The van der Waals surface area contributed by atoms with E-state index in [1.807, 2.05) is 18.2 Å². The molecule has 0 fully saturated rings. The second-order valence-electron chi connectivity index (χ2n) is 3.42. The van der Waals surface area contributed by atoms with Gasteiger partial charge in [-0.3, -0.25) is 4.57 Å². The van der Waals surface area contributed by atoms with Gasteiger partial charge in [0.15, 0.2) is 0 Å². The van der Waals surface area contributed by atoms with E-state index < -0.39 is 0 Å². The third-order valence-electron chi connectivity index (χ3n) is 2.32. The highest BCUT2D eigenvalue weighted by Gasteiger charge is 2.11. The molecule has 0 spiro atoms. The van der Waals surface area contributed by atoms with Crippen LogP contribution in [0.25, 0.3) is 10.2 Å². The number of ether oxygens (including phenoxy) is 1. The number of halogens is 3. The summed E-state index contributed by atoms with van der Waals surface area (Å²) in [6, 6.07) is 5.49. The van der Waals surface area contributed by atoms with E-state index in [4.69, 9.17) is 27.9 Å². The van der Waals surface area contributed by atoms with Crippen LogP contribution in [0.2, 0.25) is 0 Å². The Morgan fingerprint density at radius 2 is 2.17 bits per heavy atom. The Labute approximate surface area is 123 Å². The largest absolute Gasteiger partial charge is 0.497 e. The second kappa shape index (κ2) is 5.78. The number of aromatic nitrogens is 2. The number of methoxy groups -OCH3 is 1. The van der Waals surface area contributed by atoms with E-state index in [1.54, 1.807) is 30.4 Å². The van der Waals surface area contributed by atoms with E-state index in [1.165, 1.54) is 0 Å². The van der Waals surface area contributed by atoms with E-state index in [2.05, 4.69) is 20.9 Å². The summed E-state index contributed by atoms with van der Waals surface area (Å²) < 4.78 is 7.57. The molecule has 1 aromatic carbocycles. The Hall–Kier alpha value is -0.970. The molecule has 0 aliphatic rings. The third-order valence-corrected chi connectivity index (χ3v) is 3.84. The molecular weight excluding hydrogens is 339 g/mol. The first kappa shape index (κ1) is 13.5. The lowest BCUT2D eigenvalue weighted by Gasteiger charge is -2.08.